The molecule has 0 bridgehead atoms. The van der Waals surface area contributed by atoms with Crippen molar-refractivity contribution >= 4 is 32.8 Å². The van der Waals surface area contributed by atoms with Crippen molar-refractivity contribution in [1.82, 2.24) is 15.0 Å². The molecule has 3 aromatic carbocycles. The van der Waals surface area contributed by atoms with E-state index in [-0.39, 0.29) is 16.7 Å². The molecule has 0 spiro atoms. The normalized spacial score (nSPS) is 16.3. The quantitative estimate of drug-likeness (QED) is 0.150. The monoisotopic (exact) mass is 576 g/mol. The number of amides is 1. The fraction of sp³-hybridized carbons (Fsp3) is 0.333. The molecular weight excluding hydrogens is 544 g/mol. The van der Waals surface area contributed by atoms with Crippen LogP contribution in [0.15, 0.2) is 75.1 Å². The smallest absolute Gasteiger partial charge is 0.435 e. The summed E-state index contributed by atoms with van der Waals surface area (Å²) in [6.07, 6.45) is 1.04. The van der Waals surface area contributed by atoms with Crippen LogP contribution in [0, 0.1) is 6.92 Å². The molecule has 214 valence electrons. The number of ether oxygens (including phenoxy) is 1. The second-order valence-corrected chi connectivity index (χ2v) is 12.6. The molecule has 0 unspecified atom stereocenters. The van der Waals surface area contributed by atoms with Crippen LogP contribution in [0.25, 0.3) is 22.2 Å². The Labute approximate surface area is 239 Å². The number of hydrogen-bond donors (Lipinski definition) is 0. The number of likely N-dealkylation sites (tertiary alicyclic amines) is 1. The van der Waals surface area contributed by atoms with Crippen LogP contribution in [-0.2, 0) is 14.9 Å². The van der Waals surface area contributed by atoms with E-state index in [1.54, 1.807) is 58.0 Å². The van der Waals surface area contributed by atoms with Gasteiger partial charge in [0.25, 0.3) is 0 Å². The van der Waals surface area contributed by atoms with Crippen LogP contribution in [0.4, 0.5) is 4.79 Å². The van der Waals surface area contributed by atoms with E-state index in [0.29, 0.717) is 24.1 Å². The molecule has 0 saturated carbocycles. The van der Waals surface area contributed by atoms with Gasteiger partial charge >= 0.3 is 16.2 Å². The number of nitrogens with zero attached hydrogens (tertiary/aromatic N) is 4. The predicted molar refractivity (Wildman–Crippen MR) is 154 cm³/mol. The van der Waals surface area contributed by atoms with E-state index < -0.39 is 21.8 Å². The highest BCUT2D eigenvalue weighted by Crippen LogP contribution is 2.33. The summed E-state index contributed by atoms with van der Waals surface area (Å²) in [6, 6.07) is 17.0. The van der Waals surface area contributed by atoms with Crippen molar-refractivity contribution in [1.29, 1.82) is 0 Å². The standard InChI is InChI=1S/C30H32N4O6S/c1-19-8-14-25(15-9-19)41(36,37)40-24-13-12-21-17-23(11-10-22(21)18-24)27-32-28(39-33-27)26-7-6-16-34(26)20(2)31-29(35)38-30(3,4)5/h8-15,17-18,26H,6-7,16H2,1-5H3/t26-/m0/s1. The van der Waals surface area contributed by atoms with E-state index in [0.717, 1.165) is 34.7 Å². The Hall–Kier alpha value is -4.25. The zero-order chi connectivity index (χ0) is 29.4. The molecule has 10 nitrogen and oxygen atoms in total. The summed E-state index contributed by atoms with van der Waals surface area (Å²) in [5, 5.41) is 5.85. The largest absolute Gasteiger partial charge is 0.442 e. The van der Waals surface area contributed by atoms with Gasteiger partial charge in [0.15, 0.2) is 0 Å². The van der Waals surface area contributed by atoms with Gasteiger partial charge in [-0.3, -0.25) is 0 Å². The summed E-state index contributed by atoms with van der Waals surface area (Å²) in [5.74, 6) is 1.63. The van der Waals surface area contributed by atoms with Gasteiger partial charge in [-0.2, -0.15) is 18.4 Å². The lowest BCUT2D eigenvalue weighted by Gasteiger charge is -2.24. The summed E-state index contributed by atoms with van der Waals surface area (Å²) in [4.78, 5) is 23.0. The number of aryl methyl sites for hydroxylation is 1. The van der Waals surface area contributed by atoms with Gasteiger partial charge in [-0.1, -0.05) is 41.1 Å². The molecule has 4 aromatic rings. The lowest BCUT2D eigenvalue weighted by molar-refractivity contribution is 0.0601. The Kier molecular flexibility index (Phi) is 7.56. The molecule has 1 atom stereocenters. The van der Waals surface area contributed by atoms with Crippen LogP contribution in [0.1, 0.15) is 58.0 Å². The van der Waals surface area contributed by atoms with Crippen LogP contribution >= 0.6 is 0 Å². The highest BCUT2D eigenvalue weighted by molar-refractivity contribution is 7.87. The zero-order valence-corrected chi connectivity index (χ0v) is 24.4. The first kappa shape index (κ1) is 28.3. The van der Waals surface area contributed by atoms with Crippen molar-refractivity contribution in [2.24, 2.45) is 4.99 Å². The predicted octanol–water partition coefficient (Wildman–Crippen LogP) is 6.46. The fourth-order valence-corrected chi connectivity index (χ4v) is 5.60. The third kappa shape index (κ3) is 6.57. The highest BCUT2D eigenvalue weighted by Gasteiger charge is 2.32. The maximum atomic E-state index is 12.7. The molecule has 1 aliphatic rings. The number of aromatic nitrogens is 2. The lowest BCUT2D eigenvalue weighted by atomic mass is 10.1. The zero-order valence-electron chi connectivity index (χ0n) is 23.6. The minimum absolute atomic E-state index is 0.0959. The van der Waals surface area contributed by atoms with E-state index >= 15 is 0 Å². The molecular formula is C30H32N4O6S. The van der Waals surface area contributed by atoms with Gasteiger partial charge in [0, 0.05) is 12.1 Å². The van der Waals surface area contributed by atoms with Gasteiger partial charge in [0.2, 0.25) is 11.7 Å². The second-order valence-electron chi connectivity index (χ2n) is 11.0. The maximum absolute atomic E-state index is 12.7. The van der Waals surface area contributed by atoms with Gasteiger partial charge < -0.3 is 18.3 Å². The summed E-state index contributed by atoms with van der Waals surface area (Å²) < 4.78 is 41.7. The van der Waals surface area contributed by atoms with Crippen molar-refractivity contribution in [3.63, 3.8) is 0 Å². The van der Waals surface area contributed by atoms with E-state index in [4.69, 9.17) is 13.4 Å². The molecule has 41 heavy (non-hydrogen) atoms. The third-order valence-corrected chi connectivity index (χ3v) is 7.89. The summed E-state index contributed by atoms with van der Waals surface area (Å²) in [6.45, 7) is 9.76. The molecule has 1 aromatic heterocycles. The number of benzene rings is 3. The minimum atomic E-state index is -3.95. The maximum Gasteiger partial charge on any atom is 0.435 e. The number of carbonyl (C=O) groups excluding carboxylic acids is 1. The summed E-state index contributed by atoms with van der Waals surface area (Å²) in [5.41, 5.74) is 1.08. The summed E-state index contributed by atoms with van der Waals surface area (Å²) in [7, 11) is -3.95. The van der Waals surface area contributed by atoms with Crippen molar-refractivity contribution in [3.8, 4) is 17.1 Å². The first-order valence-electron chi connectivity index (χ1n) is 13.3. The van der Waals surface area contributed by atoms with E-state index in [9.17, 15) is 13.2 Å². The van der Waals surface area contributed by atoms with E-state index in [1.165, 1.54) is 12.1 Å². The number of carbonyl (C=O) groups is 1. The summed E-state index contributed by atoms with van der Waals surface area (Å²) >= 11 is 0. The molecule has 5 rings (SSSR count). The number of rotatable bonds is 5. The Bertz CT molecular complexity index is 1720. The number of fused-ring (bicyclic) bond motifs is 1. The molecule has 0 aliphatic carbocycles. The SMILES string of the molecule is CC(=NC(=O)OC(C)(C)C)N1CCC[C@H]1c1nc(-c2ccc3cc(OS(=O)(=O)c4ccc(C)cc4)ccc3c2)no1. The first-order chi connectivity index (χ1) is 19.4. The topological polar surface area (TPSA) is 124 Å². The average Bonchev–Trinajstić information content (AvgIpc) is 3.57. The van der Waals surface area contributed by atoms with Crippen LogP contribution in [0.3, 0.4) is 0 Å². The third-order valence-electron chi connectivity index (χ3n) is 6.63. The Morgan fingerprint density at radius 1 is 1.05 bits per heavy atom. The van der Waals surface area contributed by atoms with Crippen LogP contribution in [0.5, 0.6) is 5.75 Å². The van der Waals surface area contributed by atoms with Crippen molar-refractivity contribution < 1.29 is 26.7 Å². The number of hydrogen-bond acceptors (Lipinski definition) is 8. The van der Waals surface area contributed by atoms with Gasteiger partial charge in [-0.15, -0.1) is 0 Å². The first-order valence-corrected chi connectivity index (χ1v) is 14.7. The van der Waals surface area contributed by atoms with Gasteiger partial charge in [0.05, 0.1) is 0 Å². The molecule has 1 aliphatic heterocycles. The Morgan fingerprint density at radius 2 is 1.76 bits per heavy atom. The molecule has 2 heterocycles. The van der Waals surface area contributed by atoms with Gasteiger partial charge in [-0.05, 0) is 88.6 Å². The van der Waals surface area contributed by atoms with Crippen molar-refractivity contribution in [3.05, 3.63) is 72.1 Å². The Morgan fingerprint density at radius 3 is 2.49 bits per heavy atom. The molecule has 1 fully saturated rings. The number of amidine groups is 1. The Balaban J connectivity index is 1.32. The van der Waals surface area contributed by atoms with E-state index in [2.05, 4.69) is 15.1 Å². The van der Waals surface area contributed by atoms with E-state index in [1.807, 2.05) is 30.0 Å². The van der Waals surface area contributed by atoms with Crippen molar-refractivity contribution in [2.75, 3.05) is 6.54 Å². The molecule has 0 radical (unpaired) electrons. The average molecular weight is 577 g/mol. The lowest BCUT2D eigenvalue weighted by Crippen LogP contribution is -2.30. The minimum Gasteiger partial charge on any atom is -0.442 e. The van der Waals surface area contributed by atoms with Crippen LogP contribution in [0.2, 0.25) is 0 Å². The molecule has 0 N–H and O–H groups in total. The van der Waals surface area contributed by atoms with Crippen LogP contribution < -0.4 is 4.18 Å². The van der Waals surface area contributed by atoms with Crippen LogP contribution in [-0.4, -0.2) is 47.5 Å². The molecule has 1 amide bonds. The fourth-order valence-electron chi connectivity index (χ4n) is 4.67. The van der Waals surface area contributed by atoms with Crippen molar-refractivity contribution in [2.45, 2.75) is 64.0 Å². The van der Waals surface area contributed by atoms with Gasteiger partial charge in [-0.25, -0.2) is 4.79 Å². The van der Waals surface area contributed by atoms with Gasteiger partial charge in [0.1, 0.15) is 28.1 Å². The highest BCUT2D eigenvalue weighted by atomic mass is 32.2. The number of aliphatic imine (C=N–C) groups is 1. The molecule has 11 heteroatoms. The second kappa shape index (κ2) is 11.0. The molecule has 1 saturated heterocycles.